The van der Waals surface area contributed by atoms with Crippen molar-refractivity contribution in [2.24, 2.45) is 0 Å². The number of anilines is 1. The topological polar surface area (TPSA) is 38.2 Å². The van der Waals surface area contributed by atoms with E-state index >= 15 is 0 Å². The van der Waals surface area contributed by atoms with Crippen molar-refractivity contribution in [1.29, 1.82) is 0 Å². The van der Waals surface area contributed by atoms with E-state index in [1.54, 1.807) is 6.07 Å². The van der Waals surface area contributed by atoms with Gasteiger partial charge in [0.15, 0.2) is 0 Å². The third-order valence-electron chi connectivity index (χ3n) is 3.19. The number of halogens is 1. The molecular formula is C13H14ClN3O. The molecule has 3 heterocycles. The summed E-state index contributed by atoms with van der Waals surface area (Å²) in [7, 11) is 0. The number of hydrogen-bond acceptors (Lipinski definition) is 4. The third kappa shape index (κ3) is 2.13. The zero-order chi connectivity index (χ0) is 12.5. The zero-order valence-corrected chi connectivity index (χ0v) is 10.9. The minimum Gasteiger partial charge on any atom is -0.377 e. The van der Waals surface area contributed by atoms with Crippen LogP contribution in [0.2, 0.25) is 5.15 Å². The Hall–Kier alpha value is -1.39. The summed E-state index contributed by atoms with van der Waals surface area (Å²) >= 11 is 5.91. The molecule has 0 aromatic carbocycles. The van der Waals surface area contributed by atoms with Crippen molar-refractivity contribution in [3.05, 3.63) is 29.5 Å². The van der Waals surface area contributed by atoms with E-state index in [9.17, 15) is 0 Å². The highest BCUT2D eigenvalue weighted by Crippen LogP contribution is 2.23. The zero-order valence-electron chi connectivity index (χ0n) is 10.1. The van der Waals surface area contributed by atoms with Gasteiger partial charge in [-0.2, -0.15) is 0 Å². The second-order valence-electron chi connectivity index (χ2n) is 4.48. The van der Waals surface area contributed by atoms with Crippen molar-refractivity contribution in [2.45, 2.75) is 13.0 Å². The van der Waals surface area contributed by atoms with Crippen LogP contribution in [0.5, 0.6) is 0 Å². The molecule has 1 atom stereocenters. The van der Waals surface area contributed by atoms with Gasteiger partial charge in [-0.15, -0.1) is 0 Å². The van der Waals surface area contributed by atoms with E-state index in [2.05, 4.69) is 21.8 Å². The van der Waals surface area contributed by atoms with Gasteiger partial charge in [-0.1, -0.05) is 11.6 Å². The summed E-state index contributed by atoms with van der Waals surface area (Å²) in [6, 6.07) is 6.04. The predicted octanol–water partition coefficient (Wildman–Crippen LogP) is 2.51. The Kier molecular flexibility index (Phi) is 3.06. The molecule has 1 unspecified atom stereocenters. The molecule has 2 aromatic rings. The maximum absolute atomic E-state index is 5.91. The van der Waals surface area contributed by atoms with E-state index in [4.69, 9.17) is 16.3 Å². The maximum Gasteiger partial charge on any atom is 0.129 e. The fourth-order valence-corrected chi connectivity index (χ4v) is 2.39. The highest BCUT2D eigenvalue weighted by atomic mass is 35.5. The van der Waals surface area contributed by atoms with Gasteiger partial charge in [0.25, 0.3) is 0 Å². The van der Waals surface area contributed by atoms with E-state index in [1.165, 1.54) is 0 Å². The highest BCUT2D eigenvalue weighted by Gasteiger charge is 2.19. The summed E-state index contributed by atoms with van der Waals surface area (Å²) in [4.78, 5) is 11.0. The van der Waals surface area contributed by atoms with Crippen molar-refractivity contribution < 1.29 is 4.74 Å². The molecule has 0 bridgehead atoms. The molecule has 1 aliphatic rings. The second kappa shape index (κ2) is 4.71. The van der Waals surface area contributed by atoms with Gasteiger partial charge in [0.2, 0.25) is 0 Å². The first-order valence-electron chi connectivity index (χ1n) is 6.01. The molecule has 0 saturated carbocycles. The number of fused-ring (bicyclic) bond motifs is 1. The van der Waals surface area contributed by atoms with E-state index < -0.39 is 0 Å². The largest absolute Gasteiger partial charge is 0.377 e. The molecule has 4 nitrogen and oxygen atoms in total. The molecule has 1 fully saturated rings. The molecular weight excluding hydrogens is 250 g/mol. The minimum atomic E-state index is 0.359. The van der Waals surface area contributed by atoms with Crippen molar-refractivity contribution in [3.8, 4) is 0 Å². The number of aromatic nitrogens is 2. The Morgan fingerprint density at radius 1 is 1.39 bits per heavy atom. The fraction of sp³-hybridized carbons (Fsp3) is 0.385. The number of pyridine rings is 2. The average Bonchev–Trinajstić information content (AvgIpc) is 2.38. The Morgan fingerprint density at radius 2 is 2.28 bits per heavy atom. The quantitative estimate of drug-likeness (QED) is 0.741. The molecule has 0 spiro atoms. The van der Waals surface area contributed by atoms with E-state index in [0.717, 1.165) is 36.5 Å². The lowest BCUT2D eigenvalue weighted by molar-refractivity contribution is 0.0989. The van der Waals surface area contributed by atoms with Crippen LogP contribution < -0.4 is 4.90 Å². The summed E-state index contributed by atoms with van der Waals surface area (Å²) in [5.74, 6) is 0. The molecule has 94 valence electrons. The number of morpholine rings is 1. The van der Waals surface area contributed by atoms with Gasteiger partial charge in [-0.25, -0.2) is 4.98 Å². The normalized spacial score (nSPS) is 20.3. The van der Waals surface area contributed by atoms with Gasteiger partial charge in [-0.3, -0.25) is 4.98 Å². The van der Waals surface area contributed by atoms with Crippen LogP contribution in [0.15, 0.2) is 24.4 Å². The Labute approximate surface area is 111 Å². The second-order valence-corrected chi connectivity index (χ2v) is 4.87. The van der Waals surface area contributed by atoms with E-state index in [-0.39, 0.29) is 0 Å². The lowest BCUT2D eigenvalue weighted by Gasteiger charge is -2.35. The maximum atomic E-state index is 5.91. The molecule has 0 aliphatic carbocycles. The van der Waals surface area contributed by atoms with Crippen molar-refractivity contribution in [1.82, 2.24) is 9.97 Å². The number of ether oxygens (including phenoxy) is 1. The minimum absolute atomic E-state index is 0.359. The first kappa shape index (κ1) is 11.7. The van der Waals surface area contributed by atoms with Crippen molar-refractivity contribution >= 4 is 28.3 Å². The van der Waals surface area contributed by atoms with Crippen LogP contribution in [0.1, 0.15) is 6.92 Å². The van der Waals surface area contributed by atoms with Gasteiger partial charge in [0, 0.05) is 12.6 Å². The monoisotopic (exact) mass is 263 g/mol. The van der Waals surface area contributed by atoms with Gasteiger partial charge in [-0.05, 0) is 25.1 Å². The summed E-state index contributed by atoms with van der Waals surface area (Å²) in [6.45, 7) is 4.54. The smallest absolute Gasteiger partial charge is 0.129 e. The Bertz CT molecular complexity index is 575. The predicted molar refractivity (Wildman–Crippen MR) is 72.2 cm³/mol. The molecule has 0 radical (unpaired) electrons. The Morgan fingerprint density at radius 3 is 3.11 bits per heavy atom. The summed E-state index contributed by atoms with van der Waals surface area (Å²) in [5, 5.41) is 0.497. The van der Waals surface area contributed by atoms with Gasteiger partial charge in [0.05, 0.1) is 36.1 Å². The molecule has 2 aromatic heterocycles. The van der Waals surface area contributed by atoms with E-state index in [0.29, 0.717) is 11.2 Å². The molecule has 18 heavy (non-hydrogen) atoms. The summed E-state index contributed by atoms with van der Waals surface area (Å²) in [6.07, 6.45) is 1.89. The van der Waals surface area contributed by atoms with Crippen LogP contribution in [-0.2, 0) is 4.74 Å². The standard InChI is InChI=1S/C13H14ClN3O/c1-9-8-18-5-4-17(9)10-6-12-11(15-7-10)2-3-13(14)16-12/h2-3,6-7,9H,4-5,8H2,1H3. The Balaban J connectivity index is 2.01. The summed E-state index contributed by atoms with van der Waals surface area (Å²) < 4.78 is 5.44. The lowest BCUT2D eigenvalue weighted by Crippen LogP contribution is -2.43. The van der Waals surface area contributed by atoms with Crippen LogP contribution in [-0.4, -0.2) is 35.8 Å². The fourth-order valence-electron chi connectivity index (χ4n) is 2.24. The molecule has 3 rings (SSSR count). The van der Waals surface area contributed by atoms with Crippen LogP contribution >= 0.6 is 11.6 Å². The number of nitrogens with zero attached hydrogens (tertiary/aromatic N) is 3. The summed E-state index contributed by atoms with van der Waals surface area (Å²) in [5.41, 5.74) is 2.77. The van der Waals surface area contributed by atoms with E-state index in [1.807, 2.05) is 18.3 Å². The van der Waals surface area contributed by atoms with Crippen LogP contribution in [0, 0.1) is 0 Å². The van der Waals surface area contributed by atoms with Crippen LogP contribution in [0.25, 0.3) is 11.0 Å². The molecule has 1 saturated heterocycles. The number of rotatable bonds is 1. The third-order valence-corrected chi connectivity index (χ3v) is 3.40. The molecule has 5 heteroatoms. The van der Waals surface area contributed by atoms with Gasteiger partial charge >= 0.3 is 0 Å². The van der Waals surface area contributed by atoms with Gasteiger partial charge < -0.3 is 9.64 Å². The van der Waals surface area contributed by atoms with Crippen molar-refractivity contribution in [3.63, 3.8) is 0 Å². The highest BCUT2D eigenvalue weighted by molar-refractivity contribution is 6.29. The van der Waals surface area contributed by atoms with Crippen LogP contribution in [0.4, 0.5) is 5.69 Å². The lowest BCUT2D eigenvalue weighted by atomic mass is 10.2. The molecule has 0 amide bonds. The first-order chi connectivity index (χ1) is 8.74. The van der Waals surface area contributed by atoms with Crippen LogP contribution in [0.3, 0.4) is 0 Å². The van der Waals surface area contributed by atoms with Crippen molar-refractivity contribution in [2.75, 3.05) is 24.7 Å². The average molecular weight is 264 g/mol. The first-order valence-corrected chi connectivity index (χ1v) is 6.38. The molecule has 0 N–H and O–H groups in total. The number of hydrogen-bond donors (Lipinski definition) is 0. The van der Waals surface area contributed by atoms with Gasteiger partial charge in [0.1, 0.15) is 5.15 Å². The molecule has 1 aliphatic heterocycles. The SMILES string of the molecule is CC1COCCN1c1cnc2ccc(Cl)nc2c1.